The van der Waals surface area contributed by atoms with Crippen LogP contribution in [0, 0.1) is 0 Å². The van der Waals surface area contributed by atoms with Crippen molar-refractivity contribution in [1.82, 2.24) is 9.97 Å². The number of hydrogen-bond donors (Lipinski definition) is 2. The normalized spacial score (nSPS) is 15.0. The number of ether oxygens (including phenoxy) is 1. The molecule has 0 saturated heterocycles. The molecule has 0 amide bonds. The summed E-state index contributed by atoms with van der Waals surface area (Å²) in [5.74, 6) is 0.970. The molecule has 1 fully saturated rings. The average Bonchev–Trinajstić information content (AvgIpc) is 2.60. The molecule has 1 aromatic heterocycles. The molecule has 0 spiro atoms. The standard InChI is InChI=1S/C18H22N4O2/c1-12(23)13-7-9-14(10-8-13)22-17-16(19)18(21-11-20-17)24-15-5-3-2-4-6-15/h7-11,15H,2-6,19H2,1H3,(H,20,21,22). The molecule has 0 unspecified atom stereocenters. The molecule has 1 aromatic carbocycles. The highest BCUT2D eigenvalue weighted by Crippen LogP contribution is 2.30. The number of nitrogens with one attached hydrogen (secondary N) is 1. The van der Waals surface area contributed by atoms with Gasteiger partial charge in [0.05, 0.1) is 0 Å². The zero-order valence-electron chi connectivity index (χ0n) is 13.8. The van der Waals surface area contributed by atoms with Crippen LogP contribution in [0.3, 0.4) is 0 Å². The molecule has 3 N–H and O–H groups in total. The number of Topliss-reactive ketones (excluding diaryl/α,β-unsaturated/α-hetero) is 1. The second-order valence-corrected chi connectivity index (χ2v) is 6.08. The fourth-order valence-corrected chi connectivity index (χ4v) is 2.84. The van der Waals surface area contributed by atoms with E-state index in [1.807, 2.05) is 12.1 Å². The number of carbonyl (C=O) groups excluding carboxylic acids is 1. The first-order valence-corrected chi connectivity index (χ1v) is 8.28. The second kappa shape index (κ2) is 7.29. The van der Waals surface area contributed by atoms with Crippen molar-refractivity contribution in [3.8, 4) is 5.88 Å². The van der Waals surface area contributed by atoms with E-state index in [9.17, 15) is 4.79 Å². The lowest BCUT2D eigenvalue weighted by Gasteiger charge is -2.23. The van der Waals surface area contributed by atoms with Crippen LogP contribution in [-0.4, -0.2) is 21.9 Å². The smallest absolute Gasteiger partial charge is 0.242 e. The van der Waals surface area contributed by atoms with E-state index in [-0.39, 0.29) is 11.9 Å². The number of nitrogens with two attached hydrogens (primary N) is 1. The Hall–Kier alpha value is -2.63. The predicted molar refractivity (Wildman–Crippen MR) is 93.7 cm³/mol. The number of anilines is 3. The van der Waals surface area contributed by atoms with Gasteiger partial charge in [-0.3, -0.25) is 4.79 Å². The Bertz CT molecular complexity index is 709. The Morgan fingerprint density at radius 1 is 1.17 bits per heavy atom. The summed E-state index contributed by atoms with van der Waals surface area (Å²) >= 11 is 0. The van der Waals surface area contributed by atoms with Crippen molar-refractivity contribution >= 4 is 23.0 Å². The highest BCUT2D eigenvalue weighted by Gasteiger charge is 2.18. The number of rotatable bonds is 5. The molecule has 2 aromatic rings. The van der Waals surface area contributed by atoms with Gasteiger partial charge in [-0.15, -0.1) is 0 Å². The van der Waals surface area contributed by atoms with E-state index in [2.05, 4.69) is 15.3 Å². The Morgan fingerprint density at radius 3 is 2.54 bits per heavy atom. The van der Waals surface area contributed by atoms with Gasteiger partial charge in [0, 0.05) is 11.3 Å². The first-order valence-electron chi connectivity index (χ1n) is 8.28. The second-order valence-electron chi connectivity index (χ2n) is 6.08. The van der Waals surface area contributed by atoms with Gasteiger partial charge in [-0.2, -0.15) is 4.98 Å². The van der Waals surface area contributed by atoms with Crippen molar-refractivity contribution in [2.24, 2.45) is 0 Å². The Morgan fingerprint density at radius 2 is 1.88 bits per heavy atom. The monoisotopic (exact) mass is 326 g/mol. The number of ketones is 1. The molecular weight excluding hydrogens is 304 g/mol. The molecule has 0 atom stereocenters. The van der Waals surface area contributed by atoms with Crippen molar-refractivity contribution in [2.45, 2.75) is 45.1 Å². The molecule has 6 heteroatoms. The van der Waals surface area contributed by atoms with Gasteiger partial charge in [0.2, 0.25) is 5.88 Å². The maximum absolute atomic E-state index is 11.3. The van der Waals surface area contributed by atoms with E-state index in [1.165, 1.54) is 25.6 Å². The van der Waals surface area contributed by atoms with Gasteiger partial charge >= 0.3 is 0 Å². The van der Waals surface area contributed by atoms with Crippen LogP contribution < -0.4 is 15.8 Å². The quantitative estimate of drug-likeness (QED) is 0.814. The third-order valence-electron chi connectivity index (χ3n) is 4.23. The number of aromatic nitrogens is 2. The maximum atomic E-state index is 11.3. The highest BCUT2D eigenvalue weighted by molar-refractivity contribution is 5.94. The van der Waals surface area contributed by atoms with Gasteiger partial charge in [-0.1, -0.05) is 6.42 Å². The lowest BCUT2D eigenvalue weighted by Crippen LogP contribution is -2.21. The molecule has 0 aliphatic heterocycles. The predicted octanol–water partition coefficient (Wildman–Crippen LogP) is 3.72. The molecule has 3 rings (SSSR count). The number of nitrogen functional groups attached to an aromatic ring is 1. The summed E-state index contributed by atoms with van der Waals surface area (Å²) in [6, 6.07) is 7.17. The Balaban J connectivity index is 1.73. The maximum Gasteiger partial charge on any atom is 0.242 e. The summed E-state index contributed by atoms with van der Waals surface area (Å²) in [7, 11) is 0. The van der Waals surface area contributed by atoms with Gasteiger partial charge in [-0.25, -0.2) is 4.98 Å². The van der Waals surface area contributed by atoms with Crippen LogP contribution in [0.2, 0.25) is 0 Å². The van der Waals surface area contributed by atoms with Crippen LogP contribution in [0.15, 0.2) is 30.6 Å². The van der Waals surface area contributed by atoms with Crippen LogP contribution in [-0.2, 0) is 0 Å². The van der Waals surface area contributed by atoms with Crippen LogP contribution >= 0.6 is 0 Å². The fraction of sp³-hybridized carbons (Fsp3) is 0.389. The number of hydrogen-bond acceptors (Lipinski definition) is 6. The van der Waals surface area contributed by atoms with E-state index >= 15 is 0 Å². The van der Waals surface area contributed by atoms with Crippen LogP contribution in [0.5, 0.6) is 5.88 Å². The Kier molecular flexibility index (Phi) is 4.93. The number of nitrogens with zero attached hydrogens (tertiary/aromatic N) is 2. The highest BCUT2D eigenvalue weighted by atomic mass is 16.5. The van der Waals surface area contributed by atoms with Gasteiger partial charge in [0.15, 0.2) is 11.6 Å². The number of carbonyl (C=O) groups is 1. The van der Waals surface area contributed by atoms with Gasteiger partial charge < -0.3 is 15.8 Å². The molecule has 6 nitrogen and oxygen atoms in total. The molecule has 0 radical (unpaired) electrons. The molecule has 1 saturated carbocycles. The lowest BCUT2D eigenvalue weighted by atomic mass is 9.98. The van der Waals surface area contributed by atoms with E-state index in [1.54, 1.807) is 19.1 Å². The van der Waals surface area contributed by atoms with E-state index in [4.69, 9.17) is 10.5 Å². The summed E-state index contributed by atoms with van der Waals surface area (Å²) in [6.45, 7) is 1.54. The zero-order chi connectivity index (χ0) is 16.9. The number of benzene rings is 1. The van der Waals surface area contributed by atoms with Crippen molar-refractivity contribution in [3.05, 3.63) is 36.2 Å². The van der Waals surface area contributed by atoms with Crippen LogP contribution in [0.1, 0.15) is 49.4 Å². The minimum atomic E-state index is 0.0336. The molecule has 1 aliphatic carbocycles. The van der Waals surface area contributed by atoms with Crippen molar-refractivity contribution in [2.75, 3.05) is 11.1 Å². The average molecular weight is 326 g/mol. The summed E-state index contributed by atoms with van der Waals surface area (Å²) in [5.41, 5.74) is 8.03. The van der Waals surface area contributed by atoms with Gasteiger partial charge in [0.25, 0.3) is 0 Å². The zero-order valence-corrected chi connectivity index (χ0v) is 13.8. The largest absolute Gasteiger partial charge is 0.473 e. The first kappa shape index (κ1) is 16.2. The van der Waals surface area contributed by atoms with E-state index < -0.39 is 0 Å². The molecule has 0 bridgehead atoms. The molecule has 1 heterocycles. The minimum absolute atomic E-state index is 0.0336. The Labute approximate surface area is 141 Å². The van der Waals surface area contributed by atoms with Gasteiger partial charge in [-0.05, 0) is 56.9 Å². The van der Waals surface area contributed by atoms with Gasteiger partial charge in [0.1, 0.15) is 18.1 Å². The summed E-state index contributed by atoms with van der Waals surface area (Å²) < 4.78 is 5.95. The fourth-order valence-electron chi connectivity index (χ4n) is 2.84. The van der Waals surface area contributed by atoms with Crippen molar-refractivity contribution < 1.29 is 9.53 Å². The summed E-state index contributed by atoms with van der Waals surface area (Å²) in [5, 5.41) is 3.15. The first-order chi connectivity index (χ1) is 11.6. The SMILES string of the molecule is CC(=O)c1ccc(Nc2ncnc(OC3CCCCC3)c2N)cc1. The van der Waals surface area contributed by atoms with Crippen molar-refractivity contribution in [1.29, 1.82) is 0 Å². The van der Waals surface area contributed by atoms with Crippen LogP contribution in [0.25, 0.3) is 0 Å². The molecule has 1 aliphatic rings. The van der Waals surface area contributed by atoms with Crippen LogP contribution in [0.4, 0.5) is 17.2 Å². The summed E-state index contributed by atoms with van der Waals surface area (Å²) in [6.07, 6.45) is 7.34. The third-order valence-corrected chi connectivity index (χ3v) is 4.23. The topological polar surface area (TPSA) is 90.1 Å². The third kappa shape index (κ3) is 3.82. The minimum Gasteiger partial charge on any atom is -0.473 e. The summed E-state index contributed by atoms with van der Waals surface area (Å²) in [4.78, 5) is 19.7. The molecule has 24 heavy (non-hydrogen) atoms. The molecular formula is C18H22N4O2. The lowest BCUT2D eigenvalue weighted by molar-refractivity contribution is 0.101. The van der Waals surface area contributed by atoms with E-state index in [0.29, 0.717) is 22.9 Å². The molecule has 126 valence electrons. The van der Waals surface area contributed by atoms with Crippen molar-refractivity contribution in [3.63, 3.8) is 0 Å². The van der Waals surface area contributed by atoms with E-state index in [0.717, 1.165) is 18.5 Å².